The Bertz CT molecular complexity index is 249. The molecule has 0 unspecified atom stereocenters. The van der Waals surface area contributed by atoms with Crippen LogP contribution in [0, 0.1) is 5.92 Å². The average Bonchev–Trinajstić information content (AvgIpc) is 2.13. The van der Waals surface area contributed by atoms with Gasteiger partial charge in [-0.05, 0) is 32.1 Å². The van der Waals surface area contributed by atoms with Gasteiger partial charge in [0.05, 0.1) is 11.5 Å². The molecule has 1 fully saturated rings. The van der Waals surface area contributed by atoms with Crippen LogP contribution < -0.4 is 0 Å². The Morgan fingerprint density at radius 3 is 1.82 bits per heavy atom. The fraction of sp³-hybridized carbons (Fsp3) is 1.00. The summed E-state index contributed by atoms with van der Waals surface area (Å²) in [4.78, 5) is 0. The van der Waals surface area contributed by atoms with E-state index in [1.807, 2.05) is 0 Å². The molecule has 1 nitrogen and oxygen atoms in total. The van der Waals surface area contributed by atoms with Gasteiger partial charge in [-0.25, -0.2) is 0 Å². The smallest absolute Gasteiger partial charge is 0.390 e. The summed E-state index contributed by atoms with van der Waals surface area (Å²) < 4.78 is 72.8. The molecule has 1 N–H and O–H groups in total. The van der Waals surface area contributed by atoms with Crippen molar-refractivity contribution in [2.75, 3.05) is 0 Å². The van der Waals surface area contributed by atoms with Crippen LogP contribution >= 0.6 is 0 Å². The van der Waals surface area contributed by atoms with Crippen LogP contribution in [0.5, 0.6) is 0 Å². The van der Waals surface area contributed by atoms with E-state index >= 15 is 0 Å². The fourth-order valence-electron chi connectivity index (χ4n) is 2.11. The summed E-state index contributed by atoms with van der Waals surface area (Å²) in [6.07, 6.45) is -11.4. The van der Waals surface area contributed by atoms with E-state index in [1.165, 1.54) is 0 Å². The van der Waals surface area contributed by atoms with Crippen LogP contribution in [0.2, 0.25) is 0 Å². The summed E-state index contributed by atoms with van der Waals surface area (Å²) in [5.41, 5.74) is -1.59. The van der Waals surface area contributed by atoms with E-state index in [9.17, 15) is 31.4 Å². The van der Waals surface area contributed by atoms with Crippen molar-refractivity contribution in [3.63, 3.8) is 0 Å². The third kappa shape index (κ3) is 4.73. The molecule has 1 aliphatic rings. The molecular formula is C10H14F6O. The lowest BCUT2D eigenvalue weighted by molar-refractivity contribution is -0.196. The summed E-state index contributed by atoms with van der Waals surface area (Å²) in [5, 5.41) is 9.75. The molecule has 0 aromatic rings. The second-order valence-corrected chi connectivity index (χ2v) is 4.66. The molecule has 1 aliphatic carbocycles. The van der Waals surface area contributed by atoms with Gasteiger partial charge in [-0.1, -0.05) is 0 Å². The van der Waals surface area contributed by atoms with Gasteiger partial charge in [-0.2, -0.15) is 26.3 Å². The van der Waals surface area contributed by atoms with E-state index in [1.54, 1.807) is 0 Å². The third-order valence-corrected chi connectivity index (χ3v) is 3.25. The molecule has 0 bridgehead atoms. The number of halogens is 6. The first-order valence-electron chi connectivity index (χ1n) is 5.38. The molecular weight excluding hydrogens is 250 g/mol. The Balaban J connectivity index is 2.44. The van der Waals surface area contributed by atoms with Crippen LogP contribution in [0.1, 0.15) is 38.5 Å². The highest BCUT2D eigenvalue weighted by atomic mass is 19.4. The minimum Gasteiger partial charge on any atom is -0.390 e. The number of alkyl halides is 6. The van der Waals surface area contributed by atoms with Crippen molar-refractivity contribution < 1.29 is 31.4 Å². The highest BCUT2D eigenvalue weighted by Crippen LogP contribution is 2.43. The van der Waals surface area contributed by atoms with Gasteiger partial charge in [0.15, 0.2) is 0 Å². The predicted octanol–water partition coefficient (Wildman–Crippen LogP) is 3.81. The quantitative estimate of drug-likeness (QED) is 0.752. The zero-order chi connectivity index (χ0) is 13.3. The van der Waals surface area contributed by atoms with Gasteiger partial charge in [0.1, 0.15) is 0 Å². The monoisotopic (exact) mass is 264 g/mol. The highest BCUT2D eigenvalue weighted by Gasteiger charge is 2.46. The molecule has 1 rings (SSSR count). The van der Waals surface area contributed by atoms with Gasteiger partial charge in [-0.15, -0.1) is 0 Å². The number of hydrogen-bond acceptors (Lipinski definition) is 1. The van der Waals surface area contributed by atoms with Crippen molar-refractivity contribution in [2.45, 2.75) is 56.5 Å². The molecule has 17 heavy (non-hydrogen) atoms. The standard InChI is InChI=1S/C10H14F6O/c11-9(12,13)6-5-8(17)3-1-7(2-4-8)10(14,15)16/h7,17H,1-6H2. The normalized spacial score (nSPS) is 31.6. The average molecular weight is 264 g/mol. The Kier molecular flexibility index (Phi) is 4.01. The summed E-state index contributed by atoms with van der Waals surface area (Å²) in [6.45, 7) is 0. The maximum atomic E-state index is 12.3. The first-order valence-corrected chi connectivity index (χ1v) is 5.38. The van der Waals surface area contributed by atoms with Crippen LogP contribution in [-0.2, 0) is 0 Å². The zero-order valence-electron chi connectivity index (χ0n) is 9.03. The van der Waals surface area contributed by atoms with Crippen LogP contribution in [0.4, 0.5) is 26.3 Å². The van der Waals surface area contributed by atoms with Gasteiger partial charge in [0.2, 0.25) is 0 Å². The maximum Gasteiger partial charge on any atom is 0.391 e. The van der Waals surface area contributed by atoms with Crippen molar-refractivity contribution in [1.82, 2.24) is 0 Å². The zero-order valence-corrected chi connectivity index (χ0v) is 9.03. The Morgan fingerprint density at radius 2 is 1.47 bits per heavy atom. The second kappa shape index (κ2) is 4.66. The Hall–Kier alpha value is -0.460. The molecule has 7 heteroatoms. The largest absolute Gasteiger partial charge is 0.391 e. The number of aliphatic hydroxyl groups is 1. The van der Waals surface area contributed by atoms with Crippen molar-refractivity contribution in [3.05, 3.63) is 0 Å². The third-order valence-electron chi connectivity index (χ3n) is 3.25. The van der Waals surface area contributed by atoms with E-state index < -0.39 is 36.7 Å². The molecule has 1 saturated carbocycles. The summed E-state index contributed by atoms with van der Waals surface area (Å²) in [7, 11) is 0. The molecule has 102 valence electrons. The number of hydrogen-bond donors (Lipinski definition) is 1. The second-order valence-electron chi connectivity index (χ2n) is 4.66. The minimum absolute atomic E-state index is 0.215. The molecule has 0 radical (unpaired) electrons. The lowest BCUT2D eigenvalue weighted by atomic mass is 9.76. The first kappa shape index (κ1) is 14.6. The van der Waals surface area contributed by atoms with Gasteiger partial charge in [0, 0.05) is 6.42 Å². The molecule has 0 atom stereocenters. The first-order chi connectivity index (χ1) is 7.52. The SMILES string of the molecule is OC1(CCC(F)(F)F)CCC(C(F)(F)F)CC1. The summed E-state index contributed by atoms with van der Waals surface area (Å²) in [6, 6.07) is 0. The van der Waals surface area contributed by atoms with Gasteiger partial charge >= 0.3 is 12.4 Å². The lowest BCUT2D eigenvalue weighted by Gasteiger charge is -2.36. The Morgan fingerprint density at radius 1 is 1.00 bits per heavy atom. The molecule has 0 amide bonds. The summed E-state index contributed by atoms with van der Waals surface area (Å²) in [5.74, 6) is -1.49. The molecule has 0 spiro atoms. The van der Waals surface area contributed by atoms with Crippen molar-refractivity contribution in [2.24, 2.45) is 5.92 Å². The molecule has 0 aromatic carbocycles. The molecule has 0 saturated heterocycles. The van der Waals surface area contributed by atoms with E-state index in [2.05, 4.69) is 0 Å². The topological polar surface area (TPSA) is 20.2 Å². The van der Waals surface area contributed by atoms with Gasteiger partial charge in [-0.3, -0.25) is 0 Å². The van der Waals surface area contributed by atoms with Gasteiger partial charge < -0.3 is 5.11 Å². The lowest BCUT2D eigenvalue weighted by Crippen LogP contribution is -2.39. The van der Waals surface area contributed by atoms with Crippen LogP contribution in [0.15, 0.2) is 0 Å². The molecule has 0 heterocycles. The maximum absolute atomic E-state index is 12.3. The molecule has 0 aliphatic heterocycles. The highest BCUT2D eigenvalue weighted by molar-refractivity contribution is 4.88. The Labute approximate surface area is 94.8 Å². The predicted molar refractivity (Wildman–Crippen MR) is 48.3 cm³/mol. The van der Waals surface area contributed by atoms with Crippen LogP contribution in [-0.4, -0.2) is 23.1 Å². The number of rotatable bonds is 2. The van der Waals surface area contributed by atoms with Crippen LogP contribution in [0.3, 0.4) is 0 Å². The van der Waals surface area contributed by atoms with Crippen molar-refractivity contribution >= 4 is 0 Å². The van der Waals surface area contributed by atoms with E-state index in [-0.39, 0.29) is 25.7 Å². The van der Waals surface area contributed by atoms with Crippen molar-refractivity contribution in [3.8, 4) is 0 Å². The van der Waals surface area contributed by atoms with E-state index in [4.69, 9.17) is 0 Å². The molecule has 0 aromatic heterocycles. The van der Waals surface area contributed by atoms with E-state index in [0.29, 0.717) is 0 Å². The summed E-state index contributed by atoms with van der Waals surface area (Å²) >= 11 is 0. The van der Waals surface area contributed by atoms with Crippen molar-refractivity contribution in [1.29, 1.82) is 0 Å². The van der Waals surface area contributed by atoms with Crippen LogP contribution in [0.25, 0.3) is 0 Å². The fourth-order valence-corrected chi connectivity index (χ4v) is 2.11. The van der Waals surface area contributed by atoms with E-state index in [0.717, 1.165) is 0 Å². The van der Waals surface area contributed by atoms with Gasteiger partial charge in [0.25, 0.3) is 0 Å². The minimum atomic E-state index is -4.38.